The van der Waals surface area contributed by atoms with Gasteiger partial charge >= 0.3 is 6.09 Å². The second-order valence-corrected chi connectivity index (χ2v) is 16.0. The van der Waals surface area contributed by atoms with E-state index in [1.807, 2.05) is 78.9 Å². The molecule has 1 aliphatic heterocycles. The number of hydrogen-bond donors (Lipinski definition) is 1. The largest absolute Gasteiger partial charge is 0.497 e. The van der Waals surface area contributed by atoms with E-state index >= 15 is 8.42 Å². The van der Waals surface area contributed by atoms with Gasteiger partial charge in [0, 0.05) is 42.1 Å². The van der Waals surface area contributed by atoms with Crippen LogP contribution in [-0.2, 0) is 29.7 Å². The molecule has 1 amide bonds. The minimum Gasteiger partial charge on any atom is -0.497 e. The zero-order chi connectivity index (χ0) is 39.4. The van der Waals surface area contributed by atoms with Crippen LogP contribution in [0.4, 0.5) is 4.79 Å². The minimum atomic E-state index is -4.34. The topological polar surface area (TPSA) is 149 Å². The first-order valence-corrected chi connectivity index (χ1v) is 19.9. The first-order valence-electron chi connectivity index (χ1n) is 17.6. The summed E-state index contributed by atoms with van der Waals surface area (Å²) < 4.78 is 50.3. The molecule has 15 heteroatoms. The fourth-order valence-electron chi connectivity index (χ4n) is 6.67. The first-order chi connectivity index (χ1) is 27.1. The van der Waals surface area contributed by atoms with E-state index in [1.165, 1.54) is 9.21 Å². The number of rotatable bonds is 14. The molecule has 13 nitrogen and oxygen atoms in total. The number of amides is 1. The molecule has 0 bridgehead atoms. The molecule has 0 atom stereocenters. The van der Waals surface area contributed by atoms with Crippen LogP contribution >= 0.6 is 15.9 Å². The van der Waals surface area contributed by atoms with Gasteiger partial charge in [0.2, 0.25) is 10.0 Å². The number of nitrogens with zero attached hydrogens (tertiary/aromatic N) is 6. The van der Waals surface area contributed by atoms with Crippen molar-refractivity contribution < 1.29 is 32.5 Å². The van der Waals surface area contributed by atoms with Gasteiger partial charge in [-0.15, -0.1) is 5.10 Å². The SMILES string of the molecule is COc1ccc(CN(Cc2ccc(OC)cc2)S(=O)(=O)c2c(Br)ccc(-c3ccc(C4CN(C(=O)O)C4)cc3)c2-c2nnnn2Cc2ccc(OC)cc2)cc1. The highest BCUT2D eigenvalue weighted by molar-refractivity contribution is 9.10. The summed E-state index contributed by atoms with van der Waals surface area (Å²) in [6.07, 6.45) is -0.938. The average molecular weight is 840 g/mol. The number of sulfonamides is 1. The van der Waals surface area contributed by atoms with E-state index in [9.17, 15) is 9.90 Å². The molecule has 0 radical (unpaired) electrons. The third kappa shape index (κ3) is 8.10. The van der Waals surface area contributed by atoms with Crippen LogP contribution in [0.15, 0.2) is 119 Å². The van der Waals surface area contributed by atoms with Crippen LogP contribution in [0.25, 0.3) is 22.5 Å². The van der Waals surface area contributed by atoms with Crippen molar-refractivity contribution in [2.24, 2.45) is 0 Å². The normalized spacial score (nSPS) is 13.1. The van der Waals surface area contributed by atoms with Crippen LogP contribution in [0.1, 0.15) is 28.2 Å². The lowest BCUT2D eigenvalue weighted by atomic mass is 9.90. The predicted octanol–water partition coefficient (Wildman–Crippen LogP) is 7.31. The molecule has 1 N–H and O–H groups in total. The maximum atomic E-state index is 15.4. The number of benzene rings is 5. The van der Waals surface area contributed by atoms with Gasteiger partial charge in [-0.2, -0.15) is 4.31 Å². The Kier molecular flexibility index (Phi) is 11.4. The van der Waals surface area contributed by atoms with Crippen LogP contribution in [-0.4, -0.2) is 83.4 Å². The summed E-state index contributed by atoms with van der Waals surface area (Å²) in [6.45, 7) is 1.18. The van der Waals surface area contributed by atoms with Gasteiger partial charge in [0.05, 0.1) is 27.9 Å². The molecule has 1 fully saturated rings. The summed E-state index contributed by atoms with van der Waals surface area (Å²) in [4.78, 5) is 12.8. The summed E-state index contributed by atoms with van der Waals surface area (Å²) in [5.41, 5.74) is 5.04. The van der Waals surface area contributed by atoms with E-state index in [1.54, 1.807) is 56.3 Å². The molecule has 0 aliphatic carbocycles. The number of hydrogen-bond acceptors (Lipinski definition) is 9. The van der Waals surface area contributed by atoms with Gasteiger partial charge in [-0.05, 0) is 102 Å². The van der Waals surface area contributed by atoms with Crippen molar-refractivity contribution in [1.29, 1.82) is 0 Å². The lowest BCUT2D eigenvalue weighted by molar-refractivity contribution is 0.105. The number of aromatic nitrogens is 4. The Bertz CT molecular complexity index is 2370. The minimum absolute atomic E-state index is 0.00275. The van der Waals surface area contributed by atoms with Crippen molar-refractivity contribution in [2.75, 3.05) is 34.4 Å². The quantitative estimate of drug-likeness (QED) is 0.118. The van der Waals surface area contributed by atoms with Crippen molar-refractivity contribution in [2.45, 2.75) is 30.4 Å². The molecule has 0 spiro atoms. The Morgan fingerprint density at radius 3 is 1.79 bits per heavy atom. The van der Waals surface area contributed by atoms with Crippen molar-refractivity contribution >= 4 is 32.0 Å². The monoisotopic (exact) mass is 838 g/mol. The van der Waals surface area contributed by atoms with Gasteiger partial charge in [0.1, 0.15) is 22.1 Å². The van der Waals surface area contributed by atoms with E-state index in [-0.39, 0.29) is 36.3 Å². The standard InChI is InChI=1S/C41H39BrN6O7S/c1-53-33-14-4-27(5-15-33)22-47(23-28-6-16-34(54-2)17-7-28)56(51,52)39-37(42)21-20-36(31-12-10-30(11-13-31)32-25-46(26-32)41(49)50)38(39)40-43-44-45-48(40)24-29-8-18-35(55-3)19-9-29/h4-21,32H,22-26H2,1-3H3,(H,49,50). The summed E-state index contributed by atoms with van der Waals surface area (Å²) in [7, 11) is 0.422. The maximum absolute atomic E-state index is 15.4. The summed E-state index contributed by atoms with van der Waals surface area (Å²) in [6, 6.07) is 33.4. The van der Waals surface area contributed by atoms with E-state index in [4.69, 9.17) is 14.2 Å². The Morgan fingerprint density at radius 2 is 1.29 bits per heavy atom. The summed E-state index contributed by atoms with van der Waals surface area (Å²) in [5.74, 6) is 2.33. The second-order valence-electron chi connectivity index (χ2n) is 13.3. The number of likely N-dealkylation sites (tertiary alicyclic amines) is 1. The number of methoxy groups -OCH3 is 3. The molecule has 7 rings (SSSR count). The van der Waals surface area contributed by atoms with Crippen molar-refractivity contribution in [3.8, 4) is 39.8 Å². The number of carbonyl (C=O) groups is 1. The van der Waals surface area contributed by atoms with Gasteiger partial charge in [0.25, 0.3) is 0 Å². The number of ether oxygens (including phenoxy) is 3. The molecular weight excluding hydrogens is 800 g/mol. The highest BCUT2D eigenvalue weighted by Crippen LogP contribution is 2.43. The predicted molar refractivity (Wildman–Crippen MR) is 213 cm³/mol. The van der Waals surface area contributed by atoms with Crippen LogP contribution < -0.4 is 14.2 Å². The van der Waals surface area contributed by atoms with Crippen molar-refractivity contribution in [3.63, 3.8) is 0 Å². The van der Waals surface area contributed by atoms with Crippen LogP contribution in [0.2, 0.25) is 0 Å². The van der Waals surface area contributed by atoms with Gasteiger partial charge < -0.3 is 24.2 Å². The van der Waals surface area contributed by atoms with Crippen molar-refractivity contribution in [1.82, 2.24) is 29.4 Å². The van der Waals surface area contributed by atoms with Crippen LogP contribution in [0.5, 0.6) is 17.2 Å². The fourth-order valence-corrected chi connectivity index (χ4v) is 9.28. The first kappa shape index (κ1) is 38.5. The summed E-state index contributed by atoms with van der Waals surface area (Å²) >= 11 is 3.64. The fraction of sp³-hybridized carbons (Fsp3) is 0.220. The molecule has 288 valence electrons. The van der Waals surface area contributed by atoms with E-state index in [0.29, 0.717) is 45.9 Å². The van der Waals surface area contributed by atoms with Gasteiger partial charge in [-0.1, -0.05) is 66.7 Å². The molecule has 1 saturated heterocycles. The Hall–Kier alpha value is -5.77. The van der Waals surface area contributed by atoms with E-state index in [0.717, 1.165) is 27.8 Å². The number of halogens is 1. The number of carboxylic acid groups (broad SMARTS) is 1. The van der Waals surface area contributed by atoms with Gasteiger partial charge in [-0.3, -0.25) is 0 Å². The third-order valence-corrected chi connectivity index (χ3v) is 12.6. The molecule has 1 aliphatic rings. The lowest BCUT2D eigenvalue weighted by Gasteiger charge is -2.37. The average Bonchev–Trinajstić information content (AvgIpc) is 3.65. The smallest absolute Gasteiger partial charge is 0.407 e. The maximum Gasteiger partial charge on any atom is 0.407 e. The summed E-state index contributed by atoms with van der Waals surface area (Å²) in [5, 5.41) is 22.2. The second kappa shape index (κ2) is 16.5. The molecule has 0 unspecified atom stereocenters. The van der Waals surface area contributed by atoms with Crippen LogP contribution in [0, 0.1) is 0 Å². The lowest BCUT2D eigenvalue weighted by Crippen LogP contribution is -2.47. The molecule has 56 heavy (non-hydrogen) atoms. The van der Waals surface area contributed by atoms with Crippen molar-refractivity contribution in [3.05, 3.63) is 136 Å². The molecule has 6 aromatic rings. The van der Waals surface area contributed by atoms with Gasteiger partial charge in [0.15, 0.2) is 5.82 Å². The van der Waals surface area contributed by atoms with E-state index < -0.39 is 16.1 Å². The highest BCUT2D eigenvalue weighted by atomic mass is 79.9. The third-order valence-electron chi connectivity index (χ3n) is 9.84. The number of tetrazole rings is 1. The molecule has 0 saturated carbocycles. The molecule has 2 heterocycles. The Morgan fingerprint density at radius 1 is 0.768 bits per heavy atom. The van der Waals surface area contributed by atoms with Gasteiger partial charge in [-0.25, -0.2) is 17.9 Å². The molecule has 1 aromatic heterocycles. The Balaban J connectivity index is 1.37. The zero-order valence-corrected chi connectivity index (χ0v) is 33.3. The molecule has 5 aromatic carbocycles. The zero-order valence-electron chi connectivity index (χ0n) is 30.9. The highest BCUT2D eigenvalue weighted by Gasteiger charge is 2.35. The van der Waals surface area contributed by atoms with Crippen LogP contribution in [0.3, 0.4) is 0 Å². The molecular formula is C41H39BrN6O7S. The van der Waals surface area contributed by atoms with E-state index in [2.05, 4.69) is 31.5 Å². The Labute approximate surface area is 333 Å².